The third-order valence-electron chi connectivity index (χ3n) is 4.06. The second kappa shape index (κ2) is 10.2. The molecule has 0 saturated carbocycles. The zero-order chi connectivity index (χ0) is 23.0. The number of carbonyl (C=O) groups is 2. The van der Waals surface area contributed by atoms with Gasteiger partial charge in [-0.05, 0) is 48.5 Å². The summed E-state index contributed by atoms with van der Waals surface area (Å²) in [6, 6.07) is 13.4. The molecule has 1 heterocycles. The number of methoxy groups -OCH3 is 1. The Bertz CT molecular complexity index is 1130. The average molecular weight is 447 g/mol. The highest BCUT2D eigenvalue weighted by Crippen LogP contribution is 2.20. The van der Waals surface area contributed by atoms with Gasteiger partial charge in [0.05, 0.1) is 19.1 Å². The fourth-order valence-electron chi connectivity index (χ4n) is 2.38. The van der Waals surface area contributed by atoms with Crippen LogP contribution in [0.5, 0.6) is 5.75 Å². The molecule has 1 aromatic heterocycles. The number of hydrogen-bond donors (Lipinski definition) is 3. The minimum Gasteiger partial charge on any atom is -0.497 e. The molecule has 0 spiro atoms. The Morgan fingerprint density at radius 1 is 1.16 bits per heavy atom. The Hall–Kier alpha value is -3.93. The van der Waals surface area contributed by atoms with Crippen LogP contribution in [0, 0.1) is 0 Å². The number of hydrogen-bond acceptors (Lipinski definition) is 7. The first kappa shape index (κ1) is 23.3. The highest BCUT2D eigenvalue weighted by atomic mass is 32.2. The maximum atomic E-state index is 12.4. The van der Waals surface area contributed by atoms with Gasteiger partial charge in [0, 0.05) is 18.2 Å². The van der Waals surface area contributed by atoms with Gasteiger partial charge in [0.15, 0.2) is 5.82 Å². The van der Waals surface area contributed by atoms with Crippen molar-refractivity contribution in [3.63, 3.8) is 0 Å². The molecule has 0 fully saturated rings. The number of amides is 1. The van der Waals surface area contributed by atoms with Crippen LogP contribution in [0.3, 0.4) is 0 Å². The Morgan fingerprint density at radius 2 is 1.74 bits per heavy atom. The normalized spacial score (nSPS) is 10.4. The van der Waals surface area contributed by atoms with Crippen LogP contribution in [0.25, 0.3) is 11.4 Å². The van der Waals surface area contributed by atoms with E-state index in [1.165, 1.54) is 19.2 Å². The number of aromatic nitrogens is 3. The summed E-state index contributed by atoms with van der Waals surface area (Å²) < 4.78 is 29.4. The van der Waals surface area contributed by atoms with Crippen molar-refractivity contribution in [2.75, 3.05) is 30.0 Å². The summed E-state index contributed by atoms with van der Waals surface area (Å²) in [6.45, 7) is -0.250. The number of H-pyrrole nitrogens is 1. The third kappa shape index (κ3) is 6.27. The van der Waals surface area contributed by atoms with Crippen LogP contribution in [0.2, 0.25) is 0 Å². The maximum Gasteiger partial charge on any atom is 0.290 e. The number of ether oxygens (including phenoxy) is 1. The molecule has 31 heavy (non-hydrogen) atoms. The van der Waals surface area contributed by atoms with Gasteiger partial charge < -0.3 is 9.84 Å². The zero-order valence-electron chi connectivity index (χ0n) is 16.9. The first-order chi connectivity index (χ1) is 14.7. The van der Waals surface area contributed by atoms with Crippen molar-refractivity contribution in [2.45, 2.75) is 0 Å². The Kier molecular flexibility index (Phi) is 7.69. The number of sulfonamides is 1. The van der Waals surface area contributed by atoms with Crippen LogP contribution in [0.15, 0.2) is 48.5 Å². The van der Waals surface area contributed by atoms with Crippen molar-refractivity contribution in [3.05, 3.63) is 54.1 Å². The van der Waals surface area contributed by atoms with Gasteiger partial charge in [-0.25, -0.2) is 8.42 Å². The number of benzene rings is 2. The first-order valence-electron chi connectivity index (χ1n) is 8.69. The largest absolute Gasteiger partial charge is 0.497 e. The van der Waals surface area contributed by atoms with Gasteiger partial charge in [0.2, 0.25) is 16.0 Å². The van der Waals surface area contributed by atoms with Crippen molar-refractivity contribution in [2.24, 2.45) is 0 Å². The van der Waals surface area contributed by atoms with E-state index in [4.69, 9.17) is 14.6 Å². The predicted molar refractivity (Wildman–Crippen MR) is 115 cm³/mol. The van der Waals surface area contributed by atoms with Crippen LogP contribution >= 0.6 is 0 Å². The fraction of sp³-hybridized carbons (Fsp3) is 0.158. The lowest BCUT2D eigenvalue weighted by Gasteiger charge is -2.16. The van der Waals surface area contributed by atoms with Gasteiger partial charge in [0.25, 0.3) is 12.4 Å². The molecule has 3 aromatic rings. The van der Waals surface area contributed by atoms with Crippen molar-refractivity contribution in [3.8, 4) is 17.1 Å². The van der Waals surface area contributed by atoms with Crippen LogP contribution in [-0.2, 0) is 14.8 Å². The highest BCUT2D eigenvalue weighted by molar-refractivity contribution is 7.92. The van der Waals surface area contributed by atoms with E-state index in [1.807, 2.05) is 12.1 Å². The summed E-state index contributed by atoms with van der Waals surface area (Å²) in [5.41, 5.74) is 1.60. The smallest absolute Gasteiger partial charge is 0.290 e. The lowest BCUT2D eigenvalue weighted by Crippen LogP contribution is -2.24. The molecule has 0 saturated heterocycles. The van der Waals surface area contributed by atoms with E-state index >= 15 is 0 Å². The van der Waals surface area contributed by atoms with E-state index in [1.54, 1.807) is 31.4 Å². The minimum absolute atomic E-state index is 0.133. The van der Waals surface area contributed by atoms with Gasteiger partial charge in [-0.2, -0.15) is 4.98 Å². The summed E-state index contributed by atoms with van der Waals surface area (Å²) in [4.78, 5) is 25.0. The molecular weight excluding hydrogens is 426 g/mol. The molecule has 3 rings (SSSR count). The number of carbonyl (C=O) groups excluding carboxylic acids is 1. The number of aromatic amines is 1. The van der Waals surface area contributed by atoms with E-state index in [0.717, 1.165) is 21.9 Å². The van der Waals surface area contributed by atoms with E-state index in [2.05, 4.69) is 20.5 Å². The van der Waals surface area contributed by atoms with Gasteiger partial charge >= 0.3 is 0 Å². The summed E-state index contributed by atoms with van der Waals surface area (Å²) in [7, 11) is -0.335. The highest BCUT2D eigenvalue weighted by Gasteiger charge is 2.14. The van der Waals surface area contributed by atoms with Gasteiger partial charge in [-0.15, -0.1) is 5.10 Å². The summed E-state index contributed by atoms with van der Waals surface area (Å²) in [6.07, 6.45) is 1.11. The standard InChI is InChI=1S/C18H19N5O4S.CH2O2/c1-23(28(3,25)26)14-8-4-13(5-9-14)17(24)20-18-19-16(21-22-18)12-6-10-15(27-2)11-7-12;2-1-3/h4-11H,1-3H3,(H2,19,20,21,22,24);1H,(H,2,3). The minimum atomic E-state index is -3.36. The molecule has 12 heteroatoms. The fourth-order valence-corrected chi connectivity index (χ4v) is 2.89. The molecule has 164 valence electrons. The van der Waals surface area contributed by atoms with Crippen LogP contribution in [0.4, 0.5) is 11.6 Å². The maximum absolute atomic E-state index is 12.4. The number of rotatable bonds is 6. The van der Waals surface area contributed by atoms with E-state index in [9.17, 15) is 13.2 Å². The number of nitrogens with zero attached hydrogens (tertiary/aromatic N) is 3. The van der Waals surface area contributed by atoms with Gasteiger partial charge in [0.1, 0.15) is 5.75 Å². The van der Waals surface area contributed by atoms with Crippen molar-refractivity contribution >= 4 is 34.0 Å². The third-order valence-corrected chi connectivity index (χ3v) is 5.27. The molecule has 0 unspecified atom stereocenters. The summed E-state index contributed by atoms with van der Waals surface area (Å²) >= 11 is 0. The topological polar surface area (TPSA) is 155 Å². The second-order valence-electron chi connectivity index (χ2n) is 6.07. The van der Waals surface area contributed by atoms with Crippen molar-refractivity contribution in [1.82, 2.24) is 15.2 Å². The molecule has 11 nitrogen and oxygen atoms in total. The lowest BCUT2D eigenvalue weighted by molar-refractivity contribution is -0.122. The monoisotopic (exact) mass is 447 g/mol. The second-order valence-corrected chi connectivity index (χ2v) is 8.09. The summed E-state index contributed by atoms with van der Waals surface area (Å²) in [5, 5.41) is 16.2. The molecule has 0 aliphatic rings. The molecule has 0 bridgehead atoms. The van der Waals surface area contributed by atoms with Gasteiger partial charge in [-0.1, -0.05) is 0 Å². The zero-order valence-corrected chi connectivity index (χ0v) is 17.8. The number of anilines is 2. The lowest BCUT2D eigenvalue weighted by atomic mass is 10.2. The molecular formula is C19H21N5O6S. The Balaban J connectivity index is 0.00000107. The Morgan fingerprint density at radius 3 is 2.26 bits per heavy atom. The molecule has 0 aliphatic heterocycles. The van der Waals surface area contributed by atoms with Crippen LogP contribution < -0.4 is 14.4 Å². The predicted octanol–water partition coefficient (Wildman–Crippen LogP) is 1.83. The SMILES string of the molecule is COc1ccc(-c2nc(NC(=O)c3ccc(N(C)S(C)(=O)=O)cc3)n[nH]2)cc1.O=CO. The number of nitrogens with one attached hydrogen (secondary N) is 2. The van der Waals surface area contributed by atoms with E-state index < -0.39 is 15.9 Å². The summed E-state index contributed by atoms with van der Waals surface area (Å²) in [5.74, 6) is 0.951. The van der Waals surface area contributed by atoms with E-state index in [-0.39, 0.29) is 12.4 Å². The Labute approximate surface area is 178 Å². The average Bonchev–Trinajstić information content (AvgIpc) is 3.21. The van der Waals surface area contributed by atoms with Crippen molar-refractivity contribution < 1.29 is 27.9 Å². The molecule has 1 amide bonds. The molecule has 0 atom stereocenters. The van der Waals surface area contributed by atoms with Crippen LogP contribution in [0.1, 0.15) is 10.4 Å². The molecule has 3 N–H and O–H groups in total. The first-order valence-corrected chi connectivity index (χ1v) is 10.5. The van der Waals surface area contributed by atoms with Crippen LogP contribution in [-0.4, -0.2) is 61.5 Å². The van der Waals surface area contributed by atoms with Crippen molar-refractivity contribution in [1.29, 1.82) is 0 Å². The van der Waals surface area contributed by atoms with E-state index in [0.29, 0.717) is 17.1 Å². The molecule has 2 aromatic carbocycles. The quantitative estimate of drug-likeness (QED) is 0.484. The van der Waals surface area contributed by atoms with Gasteiger partial charge in [-0.3, -0.25) is 24.3 Å². The molecule has 0 radical (unpaired) electrons. The molecule has 0 aliphatic carbocycles. The number of carboxylic acid groups (broad SMARTS) is 1.